The Kier molecular flexibility index (Phi) is 9.79. The highest BCUT2D eigenvalue weighted by Crippen LogP contribution is 2.25. The molecule has 3 rings (SSSR count). The molecule has 1 aliphatic carbocycles. The van der Waals surface area contributed by atoms with Gasteiger partial charge in [-0.3, -0.25) is 13.9 Å². The zero-order valence-electron chi connectivity index (χ0n) is 21.2. The van der Waals surface area contributed by atoms with Gasteiger partial charge in [-0.25, -0.2) is 8.42 Å². The van der Waals surface area contributed by atoms with Gasteiger partial charge in [-0.05, 0) is 49.4 Å². The Morgan fingerprint density at radius 2 is 1.64 bits per heavy atom. The van der Waals surface area contributed by atoms with E-state index < -0.39 is 28.5 Å². The molecule has 7 nitrogen and oxygen atoms in total. The van der Waals surface area contributed by atoms with E-state index >= 15 is 0 Å². The Labute approximate surface area is 219 Å². The van der Waals surface area contributed by atoms with Gasteiger partial charge in [0, 0.05) is 17.6 Å². The van der Waals surface area contributed by atoms with Gasteiger partial charge in [0.2, 0.25) is 21.8 Å². The smallest absolute Gasteiger partial charge is 0.244 e. The molecule has 0 heterocycles. The van der Waals surface area contributed by atoms with Crippen molar-refractivity contribution in [2.45, 2.75) is 71.0 Å². The van der Waals surface area contributed by atoms with Crippen LogP contribution in [0.25, 0.3) is 0 Å². The van der Waals surface area contributed by atoms with Crippen LogP contribution >= 0.6 is 11.6 Å². The van der Waals surface area contributed by atoms with Crippen LogP contribution in [0, 0.1) is 0 Å². The van der Waals surface area contributed by atoms with Crippen LogP contribution in [0.3, 0.4) is 0 Å². The summed E-state index contributed by atoms with van der Waals surface area (Å²) in [6.07, 6.45) is 6.85. The highest BCUT2D eigenvalue weighted by atomic mass is 35.5. The minimum atomic E-state index is -3.77. The molecule has 0 spiro atoms. The van der Waals surface area contributed by atoms with Gasteiger partial charge in [0.05, 0.1) is 11.9 Å². The summed E-state index contributed by atoms with van der Waals surface area (Å²) in [5.74, 6) is -0.722. The topological polar surface area (TPSA) is 86.8 Å². The third kappa shape index (κ3) is 7.23. The average Bonchev–Trinajstić information content (AvgIpc) is 2.86. The SMILES string of the molecule is CCc1ccccc1N(CC(=O)N(Cc1ccccc1Cl)C(C)C(=O)NC1CCCCC1)S(C)(=O)=O. The number of carbonyl (C=O) groups excluding carboxylic acids is 2. The standard InChI is InChI=1S/C27H36ClN3O4S/c1-4-21-12-9-11-17-25(21)31(36(3,34)35)19-26(32)30(18-22-13-8-10-16-24(22)28)20(2)27(33)29-23-14-6-5-7-15-23/h8-13,16-17,20,23H,4-7,14-15,18-19H2,1-3H3,(H,29,33). The first-order chi connectivity index (χ1) is 17.1. The van der Waals surface area contributed by atoms with E-state index in [9.17, 15) is 18.0 Å². The number of aryl methyl sites for hydroxylation is 1. The predicted molar refractivity (Wildman–Crippen MR) is 144 cm³/mol. The normalized spacial score (nSPS) is 15.2. The van der Waals surface area contributed by atoms with Crippen LogP contribution in [0.4, 0.5) is 5.69 Å². The Balaban J connectivity index is 1.90. The number of benzene rings is 2. The molecule has 36 heavy (non-hydrogen) atoms. The maximum Gasteiger partial charge on any atom is 0.244 e. The largest absolute Gasteiger partial charge is 0.352 e. The van der Waals surface area contributed by atoms with E-state index in [1.807, 2.05) is 25.1 Å². The van der Waals surface area contributed by atoms with Gasteiger partial charge in [0.1, 0.15) is 12.6 Å². The van der Waals surface area contributed by atoms with Gasteiger partial charge in [-0.1, -0.05) is 74.2 Å². The third-order valence-electron chi connectivity index (χ3n) is 6.74. The molecular weight excluding hydrogens is 498 g/mol. The van der Waals surface area contributed by atoms with Gasteiger partial charge in [-0.15, -0.1) is 0 Å². The van der Waals surface area contributed by atoms with Gasteiger partial charge < -0.3 is 10.2 Å². The van der Waals surface area contributed by atoms with E-state index in [0.29, 0.717) is 22.7 Å². The number of hydrogen-bond donors (Lipinski definition) is 1. The van der Waals surface area contributed by atoms with E-state index in [-0.39, 0.29) is 18.5 Å². The lowest BCUT2D eigenvalue weighted by Crippen LogP contribution is -2.53. The summed E-state index contributed by atoms with van der Waals surface area (Å²) in [4.78, 5) is 28.4. The number of rotatable bonds is 10. The molecule has 0 radical (unpaired) electrons. The van der Waals surface area contributed by atoms with Crippen molar-refractivity contribution in [3.05, 3.63) is 64.7 Å². The van der Waals surface area contributed by atoms with Gasteiger partial charge in [-0.2, -0.15) is 0 Å². The van der Waals surface area contributed by atoms with Crippen LogP contribution in [0.5, 0.6) is 0 Å². The Morgan fingerprint density at radius 1 is 1.03 bits per heavy atom. The number of anilines is 1. The molecule has 0 saturated heterocycles. The molecule has 196 valence electrons. The molecule has 1 atom stereocenters. The average molecular weight is 534 g/mol. The van der Waals surface area contributed by atoms with Gasteiger partial charge in [0.15, 0.2) is 0 Å². The number of halogens is 1. The lowest BCUT2D eigenvalue weighted by Gasteiger charge is -2.33. The van der Waals surface area contributed by atoms with Crippen LogP contribution < -0.4 is 9.62 Å². The molecule has 1 N–H and O–H groups in total. The van der Waals surface area contributed by atoms with Crippen molar-refractivity contribution in [3.8, 4) is 0 Å². The monoisotopic (exact) mass is 533 g/mol. The fourth-order valence-electron chi connectivity index (χ4n) is 4.61. The van der Waals surface area contributed by atoms with E-state index in [0.717, 1.165) is 41.8 Å². The second kappa shape index (κ2) is 12.6. The molecule has 9 heteroatoms. The summed E-state index contributed by atoms with van der Waals surface area (Å²) in [5, 5.41) is 3.57. The van der Waals surface area contributed by atoms with E-state index in [1.54, 1.807) is 37.3 Å². The summed E-state index contributed by atoms with van der Waals surface area (Å²) in [7, 11) is -3.77. The number of nitrogens with one attached hydrogen (secondary N) is 1. The van der Waals surface area contributed by atoms with Crippen molar-refractivity contribution in [2.75, 3.05) is 17.1 Å². The molecule has 1 fully saturated rings. The zero-order valence-corrected chi connectivity index (χ0v) is 22.8. The summed E-state index contributed by atoms with van der Waals surface area (Å²) >= 11 is 6.38. The fraction of sp³-hybridized carbons (Fsp3) is 0.481. The van der Waals surface area contributed by atoms with Crippen LogP contribution in [-0.2, 0) is 32.6 Å². The van der Waals surface area contributed by atoms with Crippen LogP contribution in [0.2, 0.25) is 5.02 Å². The van der Waals surface area contributed by atoms with Crippen molar-refractivity contribution in [2.24, 2.45) is 0 Å². The molecule has 0 aromatic heterocycles. The maximum atomic E-state index is 13.7. The number of amides is 2. The number of nitrogens with zero attached hydrogens (tertiary/aromatic N) is 2. The van der Waals surface area contributed by atoms with Crippen molar-refractivity contribution in [1.29, 1.82) is 0 Å². The first-order valence-electron chi connectivity index (χ1n) is 12.5. The predicted octanol–water partition coefficient (Wildman–Crippen LogP) is 4.53. The fourth-order valence-corrected chi connectivity index (χ4v) is 5.69. The number of carbonyl (C=O) groups is 2. The molecule has 2 aromatic rings. The van der Waals surface area contributed by atoms with Crippen molar-refractivity contribution in [1.82, 2.24) is 10.2 Å². The van der Waals surface area contributed by atoms with Crippen LogP contribution in [-0.4, -0.2) is 50.0 Å². The molecule has 1 saturated carbocycles. The van der Waals surface area contributed by atoms with E-state index in [1.165, 1.54) is 11.3 Å². The highest BCUT2D eigenvalue weighted by Gasteiger charge is 2.32. The minimum absolute atomic E-state index is 0.0881. The Morgan fingerprint density at radius 3 is 2.25 bits per heavy atom. The molecule has 2 aromatic carbocycles. The van der Waals surface area contributed by atoms with Crippen molar-refractivity contribution in [3.63, 3.8) is 0 Å². The molecule has 0 bridgehead atoms. The van der Waals surface area contributed by atoms with E-state index in [2.05, 4.69) is 5.32 Å². The maximum absolute atomic E-state index is 13.7. The second-order valence-electron chi connectivity index (χ2n) is 9.38. The number of hydrogen-bond acceptors (Lipinski definition) is 4. The Bertz CT molecular complexity index is 1170. The minimum Gasteiger partial charge on any atom is -0.352 e. The van der Waals surface area contributed by atoms with Crippen molar-refractivity contribution >= 4 is 39.1 Å². The molecule has 1 aliphatic rings. The summed E-state index contributed by atoms with van der Waals surface area (Å²) in [6.45, 7) is 3.28. The first-order valence-corrected chi connectivity index (χ1v) is 14.7. The molecule has 1 unspecified atom stereocenters. The van der Waals surface area contributed by atoms with Gasteiger partial charge in [0.25, 0.3) is 0 Å². The quantitative estimate of drug-likeness (QED) is 0.486. The van der Waals surface area contributed by atoms with E-state index in [4.69, 9.17) is 11.6 Å². The highest BCUT2D eigenvalue weighted by molar-refractivity contribution is 7.92. The lowest BCUT2D eigenvalue weighted by atomic mass is 9.95. The lowest BCUT2D eigenvalue weighted by molar-refractivity contribution is -0.139. The molecule has 0 aliphatic heterocycles. The summed E-state index contributed by atoms with van der Waals surface area (Å²) in [5.41, 5.74) is 1.97. The zero-order chi connectivity index (χ0) is 26.3. The third-order valence-corrected chi connectivity index (χ3v) is 8.23. The van der Waals surface area contributed by atoms with Crippen molar-refractivity contribution < 1.29 is 18.0 Å². The second-order valence-corrected chi connectivity index (χ2v) is 11.7. The number of sulfonamides is 1. The summed E-state index contributed by atoms with van der Waals surface area (Å²) < 4.78 is 26.7. The summed E-state index contributed by atoms with van der Waals surface area (Å²) in [6, 6.07) is 13.6. The molecule has 2 amide bonds. The van der Waals surface area contributed by atoms with Gasteiger partial charge >= 0.3 is 0 Å². The number of para-hydroxylation sites is 1. The van der Waals surface area contributed by atoms with Crippen LogP contribution in [0.15, 0.2) is 48.5 Å². The Hall–Kier alpha value is -2.58. The first kappa shape index (κ1) is 28.0. The van der Waals surface area contributed by atoms with Crippen LogP contribution in [0.1, 0.15) is 57.1 Å². The molecular formula is C27H36ClN3O4S.